The van der Waals surface area contributed by atoms with Gasteiger partial charge in [0, 0.05) is 25.2 Å². The number of hydrogen-bond donors (Lipinski definition) is 0. The smallest absolute Gasteiger partial charge is 0.373 e. The molecule has 0 aromatic heterocycles. The summed E-state index contributed by atoms with van der Waals surface area (Å²) in [5, 5.41) is 0. The van der Waals surface area contributed by atoms with Crippen LogP contribution in [0.4, 0.5) is 0 Å². The van der Waals surface area contributed by atoms with Gasteiger partial charge >= 0.3 is 12.1 Å². The van der Waals surface area contributed by atoms with E-state index in [2.05, 4.69) is 49.0 Å². The third-order valence-corrected chi connectivity index (χ3v) is 11.4. The molecule has 0 fully saturated rings. The fraction of sp³-hybridized carbons (Fsp3) is 0.959. The second-order valence-corrected chi connectivity index (χ2v) is 18.5. The molecule has 12 heteroatoms. The first-order valence-electron chi connectivity index (χ1n) is 24.6. The van der Waals surface area contributed by atoms with Crippen LogP contribution in [0.25, 0.3) is 0 Å². The monoisotopic (exact) mass is 1000 g/mol. The highest BCUT2D eigenvalue weighted by Gasteiger charge is 2.32. The summed E-state index contributed by atoms with van der Waals surface area (Å²) in [4.78, 5) is 28.5. The minimum absolute atomic E-state index is 0. The molecule has 0 saturated heterocycles. The van der Waals surface area contributed by atoms with Crippen LogP contribution >= 0.6 is 0 Å². The van der Waals surface area contributed by atoms with Crippen LogP contribution in [0.2, 0.25) is 0 Å². The molecule has 0 aliphatic heterocycles. The molecular formula is C49H100Br2N2O8. The van der Waals surface area contributed by atoms with Crippen LogP contribution in [0.15, 0.2) is 0 Å². The second kappa shape index (κ2) is 49.0. The summed E-state index contributed by atoms with van der Waals surface area (Å²) < 4.78 is 32.2. The Hall–Kier alpha value is -0.430. The molecule has 0 heterocycles. The maximum Gasteiger partial charge on any atom is 0.373 e. The number of unbranched alkanes of at least 4 members (excludes halogenated alkanes) is 20. The standard InChI is InChI=1S/C48H100N2O6.CO2.2BrH/c1-9-13-15-17-18-19-20-21-22-24-29-33-40-53-44-48(45-54-41-36-49(5,6)35-11-3,46-55-42-37-50(7,8)43-47(51)56-12-4)34-30-26-23-25-28-32-39-52-38-31-27-16-14-10-2;2-1-3;;/h9-46H2,1-8H3;;2*1H/q+2;;;/p-2/t48-;;;/m0.../s1. The Morgan fingerprint density at radius 1 is 0.443 bits per heavy atom. The lowest BCUT2D eigenvalue weighted by Gasteiger charge is -2.35. The van der Waals surface area contributed by atoms with Gasteiger partial charge in [-0.25, -0.2) is 4.79 Å². The van der Waals surface area contributed by atoms with Crippen LogP contribution in [-0.4, -0.2) is 135 Å². The van der Waals surface area contributed by atoms with Gasteiger partial charge in [-0.15, -0.1) is 0 Å². The van der Waals surface area contributed by atoms with E-state index < -0.39 is 0 Å². The highest BCUT2D eigenvalue weighted by molar-refractivity contribution is 5.70. The van der Waals surface area contributed by atoms with Crippen molar-refractivity contribution in [3.63, 3.8) is 0 Å². The SMILES string of the molecule is CCCCCCCCCCCCCCOC[C@@](CCCCCCCCOCCCCCCC)(COCC[N+](C)(C)CCC)COCC[N+](C)(C)CC(=O)OCC.O=C=O.[Br-].[Br-]. The number of carbonyl (C=O) groups is 1. The number of carbonyl (C=O) groups excluding carboxylic acids is 3. The van der Waals surface area contributed by atoms with Crippen LogP contribution < -0.4 is 34.0 Å². The minimum Gasteiger partial charge on any atom is -1.00 e. The predicted octanol–water partition coefficient (Wildman–Crippen LogP) is 4.99. The third kappa shape index (κ3) is 48.9. The molecule has 0 aromatic carbocycles. The molecule has 368 valence electrons. The van der Waals surface area contributed by atoms with Crippen molar-refractivity contribution in [2.24, 2.45) is 5.41 Å². The van der Waals surface area contributed by atoms with Crippen molar-refractivity contribution in [2.45, 2.75) is 188 Å². The van der Waals surface area contributed by atoms with Crippen LogP contribution in [0.5, 0.6) is 0 Å². The molecule has 0 amide bonds. The predicted molar refractivity (Wildman–Crippen MR) is 243 cm³/mol. The zero-order valence-corrected chi connectivity index (χ0v) is 44.5. The van der Waals surface area contributed by atoms with Crippen molar-refractivity contribution in [1.82, 2.24) is 0 Å². The summed E-state index contributed by atoms with van der Waals surface area (Å²) >= 11 is 0. The maximum atomic E-state index is 12.2. The lowest BCUT2D eigenvalue weighted by molar-refractivity contribution is -0.890. The molecule has 1 atom stereocenters. The summed E-state index contributed by atoms with van der Waals surface area (Å²) in [7, 11) is 8.76. The molecule has 10 nitrogen and oxygen atoms in total. The number of halogens is 2. The zero-order chi connectivity index (χ0) is 44.2. The van der Waals surface area contributed by atoms with E-state index >= 15 is 0 Å². The van der Waals surface area contributed by atoms with Crippen molar-refractivity contribution in [3.8, 4) is 0 Å². The van der Waals surface area contributed by atoms with Gasteiger partial charge in [0.25, 0.3) is 0 Å². The minimum atomic E-state index is -0.178. The molecule has 0 aliphatic carbocycles. The summed E-state index contributed by atoms with van der Waals surface area (Å²) in [6, 6.07) is 0. The lowest BCUT2D eigenvalue weighted by atomic mass is 9.84. The van der Waals surface area contributed by atoms with Crippen LogP contribution in [-0.2, 0) is 38.1 Å². The van der Waals surface area contributed by atoms with Gasteiger partial charge in [-0.1, -0.05) is 149 Å². The topological polar surface area (TPSA) is 97.4 Å². The first-order valence-corrected chi connectivity index (χ1v) is 24.6. The van der Waals surface area contributed by atoms with E-state index in [1.807, 2.05) is 6.92 Å². The highest BCUT2D eigenvalue weighted by atomic mass is 79.9. The molecule has 0 rings (SSSR count). The number of rotatable bonds is 45. The van der Waals surface area contributed by atoms with Gasteiger partial charge in [0.05, 0.1) is 74.4 Å². The van der Waals surface area contributed by atoms with Crippen molar-refractivity contribution in [1.29, 1.82) is 0 Å². The summed E-state index contributed by atoms with van der Waals surface area (Å²) in [5.74, 6) is -0.152. The van der Waals surface area contributed by atoms with Gasteiger partial charge in [0.1, 0.15) is 13.1 Å². The van der Waals surface area contributed by atoms with Crippen molar-refractivity contribution in [2.75, 3.05) is 114 Å². The largest absolute Gasteiger partial charge is 1.00 e. The number of esters is 1. The Morgan fingerprint density at radius 3 is 1.18 bits per heavy atom. The molecule has 0 N–H and O–H groups in total. The van der Waals surface area contributed by atoms with Crippen molar-refractivity contribution >= 4 is 12.1 Å². The molecule has 0 unspecified atom stereocenters. The average molecular weight is 1010 g/mol. The number of ether oxygens (including phenoxy) is 5. The molecule has 0 bridgehead atoms. The van der Waals surface area contributed by atoms with Crippen LogP contribution in [0.1, 0.15) is 188 Å². The molecule has 0 aliphatic rings. The first-order chi connectivity index (χ1) is 28.5. The van der Waals surface area contributed by atoms with Gasteiger partial charge in [0.15, 0.2) is 6.54 Å². The Kier molecular flexibility index (Phi) is 54.0. The van der Waals surface area contributed by atoms with Crippen molar-refractivity contribution < 1.29 is 81.0 Å². The quantitative estimate of drug-likeness (QED) is 0.0479. The van der Waals surface area contributed by atoms with Crippen LogP contribution in [0, 0.1) is 5.41 Å². The summed E-state index contributed by atoms with van der Waals surface area (Å²) in [6.45, 7) is 18.3. The Labute approximate surface area is 398 Å². The third-order valence-electron chi connectivity index (χ3n) is 11.4. The molecule has 0 spiro atoms. The van der Waals surface area contributed by atoms with Crippen LogP contribution in [0.3, 0.4) is 0 Å². The summed E-state index contributed by atoms with van der Waals surface area (Å²) in [5.41, 5.74) is -0.178. The van der Waals surface area contributed by atoms with E-state index in [4.69, 9.17) is 33.3 Å². The number of hydrogen-bond acceptors (Lipinski definition) is 8. The van der Waals surface area contributed by atoms with Crippen molar-refractivity contribution in [3.05, 3.63) is 0 Å². The van der Waals surface area contributed by atoms with E-state index in [0.29, 0.717) is 44.1 Å². The number of quaternary nitrogens is 2. The second-order valence-electron chi connectivity index (χ2n) is 18.5. The van der Waals surface area contributed by atoms with Gasteiger partial charge < -0.3 is 66.6 Å². The van der Waals surface area contributed by atoms with Gasteiger partial charge in [-0.3, -0.25) is 0 Å². The molecule has 61 heavy (non-hydrogen) atoms. The summed E-state index contributed by atoms with van der Waals surface area (Å²) in [6.07, 6.45) is 32.5. The lowest BCUT2D eigenvalue weighted by Crippen LogP contribution is -3.00. The average Bonchev–Trinajstić information content (AvgIpc) is 3.18. The van der Waals surface area contributed by atoms with E-state index in [9.17, 15) is 4.79 Å². The van der Waals surface area contributed by atoms with Gasteiger partial charge in [0.2, 0.25) is 0 Å². The Bertz CT molecular complexity index is 906. The maximum absolute atomic E-state index is 12.2. The Morgan fingerprint density at radius 2 is 0.787 bits per heavy atom. The molecular weight excluding hydrogens is 904 g/mol. The number of likely N-dealkylation sites (N-methyl/N-ethyl adjacent to an activating group) is 2. The van der Waals surface area contributed by atoms with E-state index in [1.165, 1.54) is 141 Å². The van der Waals surface area contributed by atoms with E-state index in [-0.39, 0.29) is 51.5 Å². The normalized spacial score (nSPS) is 12.4. The zero-order valence-electron chi connectivity index (χ0n) is 41.3. The molecule has 0 saturated carbocycles. The Balaban J connectivity index is -0.00000314. The highest BCUT2D eigenvalue weighted by Crippen LogP contribution is 2.28. The molecule has 0 aromatic rings. The molecule has 0 radical (unpaired) electrons. The first kappa shape index (κ1) is 67.2. The fourth-order valence-corrected chi connectivity index (χ4v) is 7.55. The van der Waals surface area contributed by atoms with E-state index in [0.717, 1.165) is 69.8 Å². The fourth-order valence-electron chi connectivity index (χ4n) is 7.55. The van der Waals surface area contributed by atoms with Gasteiger partial charge in [-0.05, 0) is 39.0 Å². The van der Waals surface area contributed by atoms with Gasteiger partial charge in [-0.2, -0.15) is 9.59 Å². The van der Waals surface area contributed by atoms with E-state index in [1.54, 1.807) is 0 Å². The number of nitrogens with zero attached hydrogens (tertiary/aromatic N) is 2.